The monoisotopic (exact) mass is 619 g/mol. The number of para-hydroxylation sites is 2. The lowest BCUT2D eigenvalue weighted by Crippen LogP contribution is -2.49. The first-order valence-electron chi connectivity index (χ1n) is 13.2. The molecule has 0 radical (unpaired) electrons. The van der Waals surface area contributed by atoms with Crippen LogP contribution in [0.2, 0.25) is 5.02 Å². The summed E-state index contributed by atoms with van der Waals surface area (Å²) in [5.74, 6) is 0.667. The number of alkyl halides is 3. The smallest absolute Gasteiger partial charge is 0.416 e. The Morgan fingerprint density at radius 3 is 2.52 bits per heavy atom. The topological polar surface area (TPSA) is 89.0 Å². The molecule has 0 aliphatic carbocycles. The Morgan fingerprint density at radius 1 is 1.07 bits per heavy atom. The van der Waals surface area contributed by atoms with Gasteiger partial charge in [0.05, 0.1) is 29.4 Å². The number of halogens is 4. The lowest BCUT2D eigenvalue weighted by Gasteiger charge is -2.37. The van der Waals surface area contributed by atoms with Crippen LogP contribution in [0.1, 0.15) is 5.56 Å². The molecule has 5 rings (SSSR count). The van der Waals surface area contributed by atoms with Crippen LogP contribution in [0.15, 0.2) is 70.4 Å². The van der Waals surface area contributed by atoms with Crippen LogP contribution in [0.25, 0.3) is 22.0 Å². The molecule has 1 aromatic heterocycles. The number of fused-ring (bicyclic) bond motifs is 1. The molecule has 3 N–H and O–H groups in total. The maximum atomic E-state index is 13.6. The molecule has 3 aromatic carbocycles. The number of H-pyrrole nitrogens is 1. The van der Waals surface area contributed by atoms with E-state index in [0.717, 1.165) is 48.4 Å². The second-order valence-electron chi connectivity index (χ2n) is 10.0. The molecular formula is C30H29ClF3N3O4S. The van der Waals surface area contributed by atoms with Crippen molar-refractivity contribution in [3.05, 3.63) is 81.6 Å². The Kier molecular flexibility index (Phi) is 8.93. The number of pyridine rings is 1. The SMILES string of the molecule is COc1ccccc1N1CCN(CC(O)CSc2c(-c3cc(Cl)ccc3O)c3cc(C(F)(F)F)ccc3[nH]c2=O)CC1. The van der Waals surface area contributed by atoms with Gasteiger partial charge in [-0.05, 0) is 48.5 Å². The van der Waals surface area contributed by atoms with E-state index in [2.05, 4.69) is 14.8 Å². The van der Waals surface area contributed by atoms with Crippen LogP contribution in [0.5, 0.6) is 11.5 Å². The van der Waals surface area contributed by atoms with E-state index in [-0.39, 0.29) is 43.5 Å². The summed E-state index contributed by atoms with van der Waals surface area (Å²) in [6.07, 6.45) is -5.44. The van der Waals surface area contributed by atoms with Crippen LogP contribution < -0.4 is 15.2 Å². The van der Waals surface area contributed by atoms with Gasteiger partial charge in [-0.15, -0.1) is 11.8 Å². The molecule has 0 bridgehead atoms. The van der Waals surface area contributed by atoms with Gasteiger partial charge in [-0.3, -0.25) is 9.69 Å². The van der Waals surface area contributed by atoms with E-state index in [4.69, 9.17) is 16.3 Å². The average Bonchev–Trinajstić information content (AvgIpc) is 2.97. The predicted octanol–water partition coefficient (Wildman–Crippen LogP) is 5.86. The number of anilines is 1. The molecule has 12 heteroatoms. The molecular weight excluding hydrogens is 591 g/mol. The quantitative estimate of drug-likeness (QED) is 0.213. The summed E-state index contributed by atoms with van der Waals surface area (Å²) in [6.45, 7) is 3.25. The van der Waals surface area contributed by atoms with E-state index in [1.807, 2.05) is 24.3 Å². The Labute approximate surface area is 249 Å². The third kappa shape index (κ3) is 6.49. The van der Waals surface area contributed by atoms with E-state index in [0.29, 0.717) is 19.6 Å². The van der Waals surface area contributed by atoms with Gasteiger partial charge in [0.15, 0.2) is 0 Å². The van der Waals surface area contributed by atoms with Gasteiger partial charge in [-0.1, -0.05) is 23.7 Å². The van der Waals surface area contributed by atoms with Crippen LogP contribution >= 0.6 is 23.4 Å². The van der Waals surface area contributed by atoms with Crippen molar-refractivity contribution in [1.82, 2.24) is 9.88 Å². The second-order valence-corrected chi connectivity index (χ2v) is 11.5. The summed E-state index contributed by atoms with van der Waals surface area (Å²) in [5, 5.41) is 21.9. The van der Waals surface area contributed by atoms with Crippen molar-refractivity contribution in [3.8, 4) is 22.6 Å². The van der Waals surface area contributed by atoms with E-state index in [1.165, 1.54) is 24.3 Å². The van der Waals surface area contributed by atoms with Crippen LogP contribution in [0.4, 0.5) is 18.9 Å². The average molecular weight is 620 g/mol. The first-order chi connectivity index (χ1) is 20.0. The molecule has 1 saturated heterocycles. The number of aromatic hydroxyl groups is 1. The van der Waals surface area contributed by atoms with E-state index >= 15 is 0 Å². The Hall–Kier alpha value is -3.38. The number of ether oxygens (including phenoxy) is 1. The predicted molar refractivity (Wildman–Crippen MR) is 160 cm³/mol. The molecule has 1 fully saturated rings. The number of phenolic OH excluding ortho intramolecular Hbond substituents is 1. The van der Waals surface area contributed by atoms with Gasteiger partial charge < -0.3 is 24.8 Å². The van der Waals surface area contributed by atoms with Crippen molar-refractivity contribution in [2.24, 2.45) is 0 Å². The molecule has 1 atom stereocenters. The highest BCUT2D eigenvalue weighted by Crippen LogP contribution is 2.42. The number of rotatable bonds is 8. The minimum absolute atomic E-state index is 0.0828. The van der Waals surface area contributed by atoms with Crippen LogP contribution in [-0.2, 0) is 6.18 Å². The van der Waals surface area contributed by atoms with Gasteiger partial charge >= 0.3 is 6.18 Å². The van der Waals surface area contributed by atoms with Crippen molar-refractivity contribution >= 4 is 40.0 Å². The summed E-state index contributed by atoms with van der Waals surface area (Å²) in [6, 6.07) is 15.0. The fourth-order valence-electron chi connectivity index (χ4n) is 5.16. The molecule has 0 spiro atoms. The van der Waals surface area contributed by atoms with Gasteiger partial charge in [-0.25, -0.2) is 0 Å². The number of phenols is 1. The summed E-state index contributed by atoms with van der Waals surface area (Å²) in [7, 11) is 1.64. The molecule has 0 saturated carbocycles. The lowest BCUT2D eigenvalue weighted by atomic mass is 9.98. The highest BCUT2D eigenvalue weighted by molar-refractivity contribution is 7.99. The molecule has 7 nitrogen and oxygen atoms in total. The lowest BCUT2D eigenvalue weighted by molar-refractivity contribution is -0.137. The van der Waals surface area contributed by atoms with Crippen LogP contribution in [0, 0.1) is 0 Å². The zero-order valence-electron chi connectivity index (χ0n) is 22.6. The molecule has 1 aliphatic rings. The maximum Gasteiger partial charge on any atom is 0.416 e. The standard InChI is InChI=1S/C30H29ClF3N3O4S/c1-41-26-5-3-2-4-24(26)37-12-10-36(11-13-37)16-20(38)17-42-28-27(22-15-19(31)7-9-25(22)39)21-14-18(30(32,33)34)6-8-23(21)35-29(28)40/h2-9,14-15,20,38-39H,10-13,16-17H2,1H3,(H,35,40). The highest BCUT2D eigenvalue weighted by atomic mass is 35.5. The minimum atomic E-state index is -4.61. The highest BCUT2D eigenvalue weighted by Gasteiger charge is 2.31. The van der Waals surface area contributed by atoms with Crippen molar-refractivity contribution in [2.45, 2.75) is 17.2 Å². The minimum Gasteiger partial charge on any atom is -0.507 e. The number of aromatic amines is 1. The fraction of sp³-hybridized carbons (Fsp3) is 0.300. The molecule has 1 aliphatic heterocycles. The molecule has 0 amide bonds. The largest absolute Gasteiger partial charge is 0.507 e. The van der Waals surface area contributed by atoms with E-state index < -0.39 is 23.4 Å². The normalized spacial score (nSPS) is 15.2. The van der Waals surface area contributed by atoms with Gasteiger partial charge in [0.1, 0.15) is 11.5 Å². The third-order valence-electron chi connectivity index (χ3n) is 7.21. The molecule has 222 valence electrons. The van der Waals surface area contributed by atoms with Gasteiger partial charge in [0.25, 0.3) is 5.56 Å². The van der Waals surface area contributed by atoms with Crippen molar-refractivity contribution in [2.75, 3.05) is 50.5 Å². The number of aromatic nitrogens is 1. The van der Waals surface area contributed by atoms with Crippen LogP contribution in [0.3, 0.4) is 0 Å². The van der Waals surface area contributed by atoms with E-state index in [1.54, 1.807) is 7.11 Å². The number of piperazine rings is 1. The molecule has 1 unspecified atom stereocenters. The Morgan fingerprint density at radius 2 is 1.81 bits per heavy atom. The first kappa shape index (κ1) is 30.1. The van der Waals surface area contributed by atoms with E-state index in [9.17, 15) is 28.2 Å². The number of β-amino-alcohol motifs (C(OH)–C–C–N with tert-alkyl or cyclic N) is 1. The number of aliphatic hydroxyl groups excluding tert-OH is 1. The molecule has 42 heavy (non-hydrogen) atoms. The van der Waals surface area contributed by atoms with Crippen molar-refractivity contribution < 1.29 is 28.1 Å². The summed E-state index contributed by atoms with van der Waals surface area (Å²) >= 11 is 7.20. The van der Waals surface area contributed by atoms with Crippen LogP contribution in [-0.4, -0.2) is 71.8 Å². The molecule has 2 heterocycles. The number of nitrogens with zero attached hydrogens (tertiary/aromatic N) is 2. The number of aliphatic hydroxyl groups is 1. The summed E-state index contributed by atoms with van der Waals surface area (Å²) in [5.41, 5.74) is 0.00845. The number of methoxy groups -OCH3 is 1. The fourth-order valence-corrected chi connectivity index (χ4v) is 6.34. The number of thioether (sulfide) groups is 1. The van der Waals surface area contributed by atoms with Crippen molar-refractivity contribution in [1.29, 1.82) is 0 Å². The molecule has 4 aromatic rings. The number of hydrogen-bond donors (Lipinski definition) is 3. The second kappa shape index (κ2) is 12.5. The zero-order valence-corrected chi connectivity index (χ0v) is 24.2. The Balaban J connectivity index is 1.37. The number of hydrogen-bond acceptors (Lipinski definition) is 7. The maximum absolute atomic E-state index is 13.6. The third-order valence-corrected chi connectivity index (χ3v) is 8.68. The summed E-state index contributed by atoms with van der Waals surface area (Å²) in [4.78, 5) is 20.3. The van der Waals surface area contributed by atoms with Gasteiger partial charge in [-0.2, -0.15) is 13.2 Å². The zero-order chi connectivity index (χ0) is 30.0. The van der Waals surface area contributed by atoms with Gasteiger partial charge in [0.2, 0.25) is 0 Å². The number of nitrogens with one attached hydrogen (secondary N) is 1. The summed E-state index contributed by atoms with van der Waals surface area (Å²) < 4.78 is 46.3. The number of benzene rings is 3. The Bertz CT molecular complexity index is 1640. The first-order valence-corrected chi connectivity index (χ1v) is 14.6. The van der Waals surface area contributed by atoms with Gasteiger partial charge in [0, 0.05) is 65.5 Å². The van der Waals surface area contributed by atoms with Crippen molar-refractivity contribution in [3.63, 3.8) is 0 Å².